The molecule has 0 radical (unpaired) electrons. The second-order valence-corrected chi connectivity index (χ2v) is 6.93. The number of H-pyrrole nitrogens is 1. The fraction of sp³-hybridized carbons (Fsp3) is 0.318. The Morgan fingerprint density at radius 1 is 1.21 bits per heavy atom. The maximum atomic E-state index is 14.7. The molecule has 1 aliphatic rings. The average Bonchev–Trinajstić information content (AvgIpc) is 3.16. The van der Waals surface area contributed by atoms with Gasteiger partial charge < -0.3 is 19.4 Å². The Labute approximate surface area is 163 Å². The number of benzene rings is 2. The molecule has 1 saturated heterocycles. The van der Waals surface area contributed by atoms with Crippen LogP contribution in [0.5, 0.6) is 5.75 Å². The summed E-state index contributed by atoms with van der Waals surface area (Å²) in [5, 5.41) is 0.933. The monoisotopic (exact) mass is 382 g/mol. The fourth-order valence-electron chi connectivity index (χ4n) is 3.80. The molecule has 3 aromatic rings. The molecule has 1 N–H and O–H groups in total. The lowest BCUT2D eigenvalue weighted by Gasteiger charge is -2.28. The zero-order chi connectivity index (χ0) is 19.5. The first-order valence-corrected chi connectivity index (χ1v) is 9.42. The van der Waals surface area contributed by atoms with Gasteiger partial charge in [0.1, 0.15) is 11.6 Å². The standard InChI is InChI=1S/C22H23FN2O3/c1-27-15-6-7-21-18(12-15)19(14-24-21)17(16-4-2-3-5-20(16)23)13-22(26)25-8-10-28-11-9-25/h2-7,12,14,17,24H,8-11,13H2,1H3. The SMILES string of the molecule is COc1ccc2[nH]cc(C(CC(=O)N3CCOCC3)c3ccccc3F)c2c1. The predicted molar refractivity (Wildman–Crippen MR) is 105 cm³/mol. The number of nitrogens with zero attached hydrogens (tertiary/aromatic N) is 1. The topological polar surface area (TPSA) is 54.6 Å². The lowest BCUT2D eigenvalue weighted by atomic mass is 9.87. The predicted octanol–water partition coefficient (Wildman–Crippen LogP) is 3.70. The van der Waals surface area contributed by atoms with Crippen LogP contribution in [0.2, 0.25) is 0 Å². The molecule has 146 valence electrons. The molecular weight excluding hydrogens is 359 g/mol. The third-order valence-electron chi connectivity index (χ3n) is 5.32. The maximum Gasteiger partial charge on any atom is 0.223 e. The van der Waals surface area contributed by atoms with E-state index in [2.05, 4.69) is 4.98 Å². The van der Waals surface area contributed by atoms with Crippen molar-refractivity contribution in [2.24, 2.45) is 0 Å². The van der Waals surface area contributed by atoms with E-state index < -0.39 is 5.92 Å². The van der Waals surface area contributed by atoms with Crippen LogP contribution in [0.1, 0.15) is 23.5 Å². The number of aromatic nitrogens is 1. The molecule has 28 heavy (non-hydrogen) atoms. The van der Waals surface area contributed by atoms with Gasteiger partial charge >= 0.3 is 0 Å². The van der Waals surface area contributed by atoms with Gasteiger partial charge in [-0.25, -0.2) is 4.39 Å². The van der Waals surface area contributed by atoms with Gasteiger partial charge in [0.05, 0.1) is 20.3 Å². The lowest BCUT2D eigenvalue weighted by molar-refractivity contribution is -0.135. The van der Waals surface area contributed by atoms with Crippen molar-refractivity contribution in [1.82, 2.24) is 9.88 Å². The van der Waals surface area contributed by atoms with E-state index in [9.17, 15) is 9.18 Å². The van der Waals surface area contributed by atoms with Gasteiger partial charge in [-0.2, -0.15) is 0 Å². The Hall–Kier alpha value is -2.86. The number of fused-ring (bicyclic) bond motifs is 1. The second-order valence-electron chi connectivity index (χ2n) is 6.93. The zero-order valence-corrected chi connectivity index (χ0v) is 15.8. The Kier molecular flexibility index (Phi) is 5.30. The smallest absolute Gasteiger partial charge is 0.223 e. The maximum absolute atomic E-state index is 14.7. The van der Waals surface area contributed by atoms with Crippen molar-refractivity contribution >= 4 is 16.8 Å². The number of methoxy groups -OCH3 is 1. The number of amides is 1. The molecule has 6 heteroatoms. The van der Waals surface area contributed by atoms with Crippen molar-refractivity contribution in [2.75, 3.05) is 33.4 Å². The number of carbonyl (C=O) groups excluding carboxylic acids is 1. The molecular formula is C22H23FN2O3. The van der Waals surface area contributed by atoms with Crippen LogP contribution in [0.15, 0.2) is 48.7 Å². The summed E-state index contributed by atoms with van der Waals surface area (Å²) < 4.78 is 25.4. The molecule has 2 aromatic carbocycles. The minimum atomic E-state index is -0.391. The van der Waals surface area contributed by atoms with E-state index in [0.717, 1.165) is 22.2 Å². The van der Waals surface area contributed by atoms with Crippen LogP contribution < -0.4 is 4.74 Å². The van der Waals surface area contributed by atoms with Gasteiger partial charge in [-0.05, 0) is 35.4 Å². The first kappa shape index (κ1) is 18.5. The molecule has 2 heterocycles. The van der Waals surface area contributed by atoms with E-state index in [1.165, 1.54) is 6.07 Å². The number of hydrogen-bond acceptors (Lipinski definition) is 3. The molecule has 0 spiro atoms. The van der Waals surface area contributed by atoms with Crippen LogP contribution in [0, 0.1) is 5.82 Å². The molecule has 1 unspecified atom stereocenters. The average molecular weight is 382 g/mol. The Balaban J connectivity index is 1.75. The first-order chi connectivity index (χ1) is 13.7. The number of rotatable bonds is 5. The van der Waals surface area contributed by atoms with Crippen molar-refractivity contribution in [1.29, 1.82) is 0 Å². The normalized spacial score (nSPS) is 15.6. The highest BCUT2D eigenvalue weighted by atomic mass is 19.1. The van der Waals surface area contributed by atoms with Crippen molar-refractivity contribution in [3.05, 3.63) is 65.6 Å². The fourth-order valence-corrected chi connectivity index (χ4v) is 3.80. The van der Waals surface area contributed by atoms with Crippen LogP contribution in [0.3, 0.4) is 0 Å². The third kappa shape index (κ3) is 3.60. The van der Waals surface area contributed by atoms with E-state index in [-0.39, 0.29) is 18.1 Å². The van der Waals surface area contributed by atoms with Crippen LogP contribution in [0.25, 0.3) is 10.9 Å². The highest BCUT2D eigenvalue weighted by molar-refractivity contribution is 5.87. The first-order valence-electron chi connectivity index (χ1n) is 9.42. The van der Waals surface area contributed by atoms with Crippen LogP contribution in [0.4, 0.5) is 4.39 Å². The van der Waals surface area contributed by atoms with Gasteiger partial charge in [0.25, 0.3) is 0 Å². The van der Waals surface area contributed by atoms with Crippen molar-refractivity contribution in [2.45, 2.75) is 12.3 Å². The second kappa shape index (κ2) is 8.02. The van der Waals surface area contributed by atoms with E-state index in [4.69, 9.17) is 9.47 Å². The Morgan fingerprint density at radius 3 is 2.75 bits per heavy atom. The number of nitrogens with one attached hydrogen (secondary N) is 1. The van der Waals surface area contributed by atoms with Crippen molar-refractivity contribution < 1.29 is 18.7 Å². The molecule has 1 aromatic heterocycles. The Morgan fingerprint density at radius 2 is 2.00 bits per heavy atom. The van der Waals surface area contributed by atoms with Gasteiger partial charge in [-0.3, -0.25) is 4.79 Å². The summed E-state index contributed by atoms with van der Waals surface area (Å²) in [6, 6.07) is 12.4. The largest absolute Gasteiger partial charge is 0.497 e. The summed E-state index contributed by atoms with van der Waals surface area (Å²) in [6.45, 7) is 2.23. The third-order valence-corrected chi connectivity index (χ3v) is 5.32. The summed E-state index contributed by atoms with van der Waals surface area (Å²) >= 11 is 0. The number of ether oxygens (including phenoxy) is 2. The molecule has 1 atom stereocenters. The number of halogens is 1. The Bertz CT molecular complexity index is 979. The minimum Gasteiger partial charge on any atom is -0.497 e. The van der Waals surface area contributed by atoms with Crippen molar-refractivity contribution in [3.8, 4) is 5.75 Å². The minimum absolute atomic E-state index is 0.00815. The van der Waals surface area contributed by atoms with E-state index in [0.29, 0.717) is 31.9 Å². The summed E-state index contributed by atoms with van der Waals surface area (Å²) in [7, 11) is 1.61. The highest BCUT2D eigenvalue weighted by Crippen LogP contribution is 2.36. The van der Waals surface area contributed by atoms with Gasteiger partial charge in [-0.15, -0.1) is 0 Å². The quantitative estimate of drug-likeness (QED) is 0.732. The molecule has 1 fully saturated rings. The molecule has 5 nitrogen and oxygen atoms in total. The number of aromatic amines is 1. The summed E-state index contributed by atoms with van der Waals surface area (Å²) in [6.07, 6.45) is 2.07. The molecule has 1 amide bonds. The molecule has 0 bridgehead atoms. The molecule has 0 aliphatic carbocycles. The van der Waals surface area contributed by atoms with Gasteiger partial charge in [0.15, 0.2) is 0 Å². The summed E-state index contributed by atoms with van der Waals surface area (Å²) in [5.41, 5.74) is 2.34. The number of carbonyl (C=O) groups is 1. The molecule has 0 saturated carbocycles. The van der Waals surface area contributed by atoms with Gasteiger partial charge in [-0.1, -0.05) is 18.2 Å². The van der Waals surface area contributed by atoms with Crippen LogP contribution >= 0.6 is 0 Å². The van der Waals surface area contributed by atoms with Crippen LogP contribution in [-0.2, 0) is 9.53 Å². The van der Waals surface area contributed by atoms with E-state index in [1.54, 1.807) is 30.2 Å². The summed E-state index contributed by atoms with van der Waals surface area (Å²) in [5.74, 6) is 0.0332. The molecule has 4 rings (SSSR count). The number of morpholine rings is 1. The van der Waals surface area contributed by atoms with E-state index >= 15 is 0 Å². The van der Waals surface area contributed by atoms with Crippen LogP contribution in [-0.4, -0.2) is 49.2 Å². The van der Waals surface area contributed by atoms with Crippen molar-refractivity contribution in [3.63, 3.8) is 0 Å². The lowest BCUT2D eigenvalue weighted by Crippen LogP contribution is -2.41. The molecule has 1 aliphatic heterocycles. The zero-order valence-electron chi connectivity index (χ0n) is 15.8. The summed E-state index contributed by atoms with van der Waals surface area (Å²) in [4.78, 5) is 18.0. The van der Waals surface area contributed by atoms with E-state index in [1.807, 2.05) is 24.4 Å². The van der Waals surface area contributed by atoms with Gasteiger partial charge in [0.2, 0.25) is 5.91 Å². The van der Waals surface area contributed by atoms with Gasteiger partial charge in [0, 0.05) is 42.5 Å². The number of hydrogen-bond donors (Lipinski definition) is 1. The highest BCUT2D eigenvalue weighted by Gasteiger charge is 2.27.